The van der Waals surface area contributed by atoms with Crippen LogP contribution in [0.1, 0.15) is 18.5 Å². The zero-order valence-corrected chi connectivity index (χ0v) is 13.4. The number of hydrogen-bond acceptors (Lipinski definition) is 5. The number of rotatable bonds is 3. The van der Waals surface area contributed by atoms with E-state index in [0.717, 1.165) is 47.8 Å². The third-order valence-electron chi connectivity index (χ3n) is 4.33. The number of carbonyl (C=O) groups excluding carboxylic acids is 2. The van der Waals surface area contributed by atoms with Gasteiger partial charge in [-0.1, -0.05) is 0 Å². The van der Waals surface area contributed by atoms with Gasteiger partial charge < -0.3 is 9.80 Å². The lowest BCUT2D eigenvalue weighted by molar-refractivity contribution is -0.130. The number of likely N-dealkylation sites (tertiary alicyclic amines) is 1. The Hall–Kier alpha value is -2.28. The van der Waals surface area contributed by atoms with Crippen molar-refractivity contribution in [1.29, 1.82) is 0 Å². The van der Waals surface area contributed by atoms with E-state index < -0.39 is 0 Å². The molecule has 1 saturated heterocycles. The first-order chi connectivity index (χ1) is 11.2. The summed E-state index contributed by atoms with van der Waals surface area (Å²) in [5.74, 6) is -0.0339. The van der Waals surface area contributed by atoms with Crippen molar-refractivity contribution in [1.82, 2.24) is 14.9 Å². The van der Waals surface area contributed by atoms with Crippen LogP contribution < -0.4 is 4.90 Å². The third-order valence-corrected chi connectivity index (χ3v) is 5.15. The summed E-state index contributed by atoms with van der Waals surface area (Å²) in [5, 5.41) is 0. The van der Waals surface area contributed by atoms with E-state index >= 15 is 0 Å². The second-order valence-electron chi connectivity index (χ2n) is 5.80. The molecule has 0 saturated carbocycles. The first kappa shape index (κ1) is 14.3. The van der Waals surface area contributed by atoms with E-state index in [9.17, 15) is 9.59 Å². The molecule has 2 aliphatic heterocycles. The number of nitrogens with zero attached hydrogens (tertiary/aromatic N) is 4. The first-order valence-electron chi connectivity index (χ1n) is 7.68. The van der Waals surface area contributed by atoms with Gasteiger partial charge in [-0.25, -0.2) is 0 Å². The Labute approximate surface area is 137 Å². The molecule has 4 heterocycles. The Bertz CT molecular complexity index is 753. The normalized spacial score (nSPS) is 17.0. The van der Waals surface area contributed by atoms with Gasteiger partial charge in [-0.15, -0.1) is 11.3 Å². The van der Waals surface area contributed by atoms with Gasteiger partial charge in [0.2, 0.25) is 11.8 Å². The molecule has 0 unspecified atom stereocenters. The van der Waals surface area contributed by atoms with E-state index in [2.05, 4.69) is 9.97 Å². The van der Waals surface area contributed by atoms with Gasteiger partial charge in [0.15, 0.2) is 0 Å². The first-order valence-corrected chi connectivity index (χ1v) is 8.56. The van der Waals surface area contributed by atoms with Crippen LogP contribution in [-0.4, -0.2) is 46.3 Å². The predicted octanol–water partition coefficient (Wildman–Crippen LogP) is 1.72. The molecule has 0 N–H and O–H groups in total. The molecule has 0 radical (unpaired) electrons. The van der Waals surface area contributed by atoms with Crippen LogP contribution in [0.25, 0.3) is 10.4 Å². The van der Waals surface area contributed by atoms with Crippen molar-refractivity contribution >= 4 is 28.8 Å². The van der Waals surface area contributed by atoms with Crippen molar-refractivity contribution in [3.63, 3.8) is 0 Å². The lowest BCUT2D eigenvalue weighted by atomic mass is 10.2. The van der Waals surface area contributed by atoms with Crippen molar-refractivity contribution in [3.8, 4) is 10.4 Å². The molecule has 2 aromatic heterocycles. The molecule has 2 amide bonds. The summed E-state index contributed by atoms with van der Waals surface area (Å²) in [5.41, 5.74) is 4.20. The summed E-state index contributed by atoms with van der Waals surface area (Å²) in [7, 11) is 0. The fourth-order valence-corrected chi connectivity index (χ4v) is 3.70. The Morgan fingerprint density at radius 1 is 1.26 bits per heavy atom. The molecule has 1 fully saturated rings. The van der Waals surface area contributed by atoms with Crippen LogP contribution in [0.5, 0.6) is 0 Å². The molecule has 118 valence electrons. The molecule has 6 nitrogen and oxygen atoms in total. The smallest absolute Gasteiger partial charge is 0.242 e. The molecule has 0 aromatic carbocycles. The van der Waals surface area contributed by atoms with Crippen LogP contribution in [0.4, 0.5) is 5.69 Å². The zero-order chi connectivity index (χ0) is 15.8. The zero-order valence-electron chi connectivity index (χ0n) is 12.6. The largest absolute Gasteiger partial charge is 0.341 e. The third kappa shape index (κ3) is 2.61. The fraction of sp³-hybridized carbons (Fsp3) is 0.375. The average Bonchev–Trinajstić information content (AvgIpc) is 3.28. The highest BCUT2D eigenvalue weighted by Crippen LogP contribution is 2.32. The van der Waals surface area contributed by atoms with E-state index in [1.54, 1.807) is 22.8 Å². The lowest BCUT2D eigenvalue weighted by Gasteiger charge is -2.21. The minimum absolute atomic E-state index is 0.0203. The van der Waals surface area contributed by atoms with Gasteiger partial charge in [0, 0.05) is 31.0 Å². The maximum atomic E-state index is 12.4. The van der Waals surface area contributed by atoms with Gasteiger partial charge in [0.05, 0.1) is 28.2 Å². The predicted molar refractivity (Wildman–Crippen MR) is 87.2 cm³/mol. The van der Waals surface area contributed by atoms with E-state index in [-0.39, 0.29) is 24.8 Å². The number of carbonyl (C=O) groups is 2. The number of thiazole rings is 1. The Morgan fingerprint density at radius 3 is 2.83 bits per heavy atom. The molecule has 7 heteroatoms. The minimum atomic E-state index is -0.0542. The van der Waals surface area contributed by atoms with Crippen LogP contribution in [0, 0.1) is 0 Å². The molecule has 0 bridgehead atoms. The quantitative estimate of drug-likeness (QED) is 0.860. The van der Waals surface area contributed by atoms with Gasteiger partial charge in [0.25, 0.3) is 0 Å². The van der Waals surface area contributed by atoms with Crippen molar-refractivity contribution in [2.45, 2.75) is 19.3 Å². The van der Waals surface area contributed by atoms with Crippen molar-refractivity contribution < 1.29 is 9.59 Å². The van der Waals surface area contributed by atoms with E-state index in [1.807, 2.05) is 11.0 Å². The molecule has 0 aliphatic carbocycles. The summed E-state index contributed by atoms with van der Waals surface area (Å²) >= 11 is 1.53. The van der Waals surface area contributed by atoms with Crippen LogP contribution in [-0.2, 0) is 16.0 Å². The second kappa shape index (κ2) is 5.73. The number of hydrogen-bond donors (Lipinski definition) is 0. The molecule has 0 atom stereocenters. The van der Waals surface area contributed by atoms with Crippen LogP contribution in [0.2, 0.25) is 0 Å². The average molecular weight is 328 g/mol. The Kier molecular flexibility index (Phi) is 3.57. The maximum absolute atomic E-state index is 12.4. The minimum Gasteiger partial charge on any atom is -0.341 e. The van der Waals surface area contributed by atoms with E-state index in [1.165, 1.54) is 11.3 Å². The SMILES string of the molecule is O=C(CN1C(=O)Cc2ncc(-c3cncs3)cc21)N1CCCC1. The van der Waals surface area contributed by atoms with Crippen LogP contribution >= 0.6 is 11.3 Å². The summed E-state index contributed by atoms with van der Waals surface area (Å²) in [6, 6.07) is 1.94. The number of anilines is 1. The topological polar surface area (TPSA) is 66.4 Å². The van der Waals surface area contributed by atoms with Gasteiger partial charge >= 0.3 is 0 Å². The highest BCUT2D eigenvalue weighted by atomic mass is 32.1. The Morgan fingerprint density at radius 2 is 2.09 bits per heavy atom. The van der Waals surface area contributed by atoms with Crippen molar-refractivity contribution in [2.24, 2.45) is 0 Å². The van der Waals surface area contributed by atoms with Gasteiger partial charge in [-0.05, 0) is 18.9 Å². The highest BCUT2D eigenvalue weighted by Gasteiger charge is 2.32. The molecular formula is C16H16N4O2S. The van der Waals surface area contributed by atoms with E-state index in [0.29, 0.717) is 0 Å². The molecule has 4 rings (SSSR count). The van der Waals surface area contributed by atoms with Crippen molar-refractivity contribution in [2.75, 3.05) is 24.5 Å². The number of fused-ring (bicyclic) bond motifs is 1. The second-order valence-corrected chi connectivity index (χ2v) is 6.69. The summed E-state index contributed by atoms with van der Waals surface area (Å²) in [6.07, 6.45) is 5.92. The molecule has 2 aromatic rings. The summed E-state index contributed by atoms with van der Waals surface area (Å²) in [4.78, 5) is 37.6. The number of pyridine rings is 1. The van der Waals surface area contributed by atoms with Gasteiger partial charge in [-0.3, -0.25) is 19.6 Å². The molecule has 2 aliphatic rings. The number of amides is 2. The van der Waals surface area contributed by atoms with E-state index in [4.69, 9.17) is 0 Å². The molecule has 23 heavy (non-hydrogen) atoms. The standard InChI is InChI=1S/C16H16N4O2S/c21-15-6-12-13(5-11(7-18-12)14-8-17-10-23-14)20(15)9-16(22)19-3-1-2-4-19/h5,7-8,10H,1-4,6,9H2. The molecular weight excluding hydrogens is 312 g/mol. The van der Waals surface area contributed by atoms with Crippen LogP contribution in [0.3, 0.4) is 0 Å². The maximum Gasteiger partial charge on any atom is 0.242 e. The molecule has 0 spiro atoms. The monoisotopic (exact) mass is 328 g/mol. The van der Waals surface area contributed by atoms with Gasteiger partial charge in [-0.2, -0.15) is 0 Å². The number of aromatic nitrogens is 2. The summed E-state index contributed by atoms with van der Waals surface area (Å²) in [6.45, 7) is 1.71. The summed E-state index contributed by atoms with van der Waals surface area (Å²) < 4.78 is 0. The fourth-order valence-electron chi connectivity index (χ4n) is 3.09. The van der Waals surface area contributed by atoms with Gasteiger partial charge in [0.1, 0.15) is 6.54 Å². The van der Waals surface area contributed by atoms with Crippen LogP contribution in [0.15, 0.2) is 24.0 Å². The lowest BCUT2D eigenvalue weighted by Crippen LogP contribution is -2.40. The Balaban J connectivity index is 1.61. The van der Waals surface area contributed by atoms with Crippen molar-refractivity contribution in [3.05, 3.63) is 29.7 Å². The highest BCUT2D eigenvalue weighted by molar-refractivity contribution is 7.13.